The van der Waals surface area contributed by atoms with E-state index in [1.165, 1.54) is 0 Å². The topological polar surface area (TPSA) is 75.4 Å². The average Bonchev–Trinajstić information content (AvgIpc) is 2.26. The van der Waals surface area contributed by atoms with E-state index >= 15 is 0 Å². The summed E-state index contributed by atoms with van der Waals surface area (Å²) in [4.78, 5) is 12.0. The van der Waals surface area contributed by atoms with Gasteiger partial charge < -0.3 is 16.2 Å². The molecule has 100 valence electrons. The fourth-order valence-corrected chi connectivity index (χ4v) is 1.57. The molecule has 2 atom stereocenters. The van der Waals surface area contributed by atoms with Crippen molar-refractivity contribution in [2.24, 2.45) is 11.1 Å². The van der Waals surface area contributed by atoms with Crippen molar-refractivity contribution in [3.63, 3.8) is 0 Å². The molecule has 0 heterocycles. The minimum absolute atomic E-state index is 0.182. The molecule has 4 N–H and O–H groups in total. The van der Waals surface area contributed by atoms with Crippen molar-refractivity contribution in [3.05, 3.63) is 29.8 Å². The number of carbonyl (C=O) groups is 1. The van der Waals surface area contributed by atoms with Crippen LogP contribution in [0.4, 0.5) is 0 Å². The summed E-state index contributed by atoms with van der Waals surface area (Å²) in [5, 5.41) is 12.3. The van der Waals surface area contributed by atoms with E-state index in [2.05, 4.69) is 5.32 Å². The predicted octanol–water partition coefficient (Wildman–Crippen LogP) is 1.94. The second kappa shape index (κ2) is 5.40. The van der Waals surface area contributed by atoms with Gasteiger partial charge >= 0.3 is 0 Å². The molecule has 4 heteroatoms. The van der Waals surface area contributed by atoms with Gasteiger partial charge in [-0.3, -0.25) is 4.79 Å². The van der Waals surface area contributed by atoms with Gasteiger partial charge in [-0.15, -0.1) is 0 Å². The van der Waals surface area contributed by atoms with E-state index < -0.39 is 6.04 Å². The number of benzene rings is 1. The first-order valence-corrected chi connectivity index (χ1v) is 6.06. The van der Waals surface area contributed by atoms with E-state index in [4.69, 9.17) is 5.73 Å². The molecule has 4 nitrogen and oxygen atoms in total. The maximum atomic E-state index is 12.0. The van der Waals surface area contributed by atoms with E-state index in [1.807, 2.05) is 33.8 Å². The molecule has 1 amide bonds. The molecule has 0 aliphatic carbocycles. The summed E-state index contributed by atoms with van der Waals surface area (Å²) < 4.78 is 0. The van der Waals surface area contributed by atoms with Crippen molar-refractivity contribution >= 4 is 5.91 Å². The third-order valence-corrected chi connectivity index (χ3v) is 2.94. The standard InChI is InChI=1S/C14H22N2O2/c1-9(10-6-5-7-11(17)8-10)16-13(18)12(15)14(2,3)4/h5-9,12,17H,15H2,1-4H3,(H,16,18)/t9?,12-/m0/s1. The highest BCUT2D eigenvalue weighted by Crippen LogP contribution is 2.20. The fourth-order valence-electron chi connectivity index (χ4n) is 1.57. The zero-order valence-corrected chi connectivity index (χ0v) is 11.4. The third kappa shape index (κ3) is 3.74. The minimum atomic E-state index is -0.558. The number of phenolic OH excluding ortho intramolecular Hbond substituents is 1. The Hall–Kier alpha value is -1.55. The maximum absolute atomic E-state index is 12.0. The normalized spacial score (nSPS) is 14.9. The van der Waals surface area contributed by atoms with Crippen LogP contribution < -0.4 is 11.1 Å². The van der Waals surface area contributed by atoms with Crippen LogP contribution in [0.1, 0.15) is 39.3 Å². The molecule has 0 aromatic heterocycles. The van der Waals surface area contributed by atoms with E-state index in [0.29, 0.717) is 0 Å². The van der Waals surface area contributed by atoms with Crippen molar-refractivity contribution in [2.45, 2.75) is 39.8 Å². The van der Waals surface area contributed by atoms with Crippen LogP contribution in [0.15, 0.2) is 24.3 Å². The van der Waals surface area contributed by atoms with Gasteiger partial charge in [0.05, 0.1) is 12.1 Å². The Morgan fingerprint density at radius 2 is 2.00 bits per heavy atom. The number of rotatable bonds is 3. The van der Waals surface area contributed by atoms with Gasteiger partial charge in [0.15, 0.2) is 0 Å². The highest BCUT2D eigenvalue weighted by atomic mass is 16.3. The Morgan fingerprint density at radius 3 is 2.50 bits per heavy atom. The first kappa shape index (κ1) is 14.5. The van der Waals surface area contributed by atoms with Gasteiger partial charge in [0.25, 0.3) is 0 Å². The highest BCUT2D eigenvalue weighted by Gasteiger charge is 2.28. The van der Waals surface area contributed by atoms with E-state index in [0.717, 1.165) is 5.56 Å². The lowest BCUT2D eigenvalue weighted by Gasteiger charge is -2.27. The fraction of sp³-hybridized carbons (Fsp3) is 0.500. The largest absolute Gasteiger partial charge is 0.508 e. The smallest absolute Gasteiger partial charge is 0.237 e. The lowest BCUT2D eigenvalue weighted by Crippen LogP contribution is -2.49. The van der Waals surface area contributed by atoms with Gasteiger partial charge in [-0.1, -0.05) is 32.9 Å². The Kier molecular flexibility index (Phi) is 4.35. The lowest BCUT2D eigenvalue weighted by molar-refractivity contribution is -0.125. The molecule has 0 bridgehead atoms. The molecule has 1 unspecified atom stereocenters. The zero-order valence-electron chi connectivity index (χ0n) is 11.4. The number of hydrogen-bond acceptors (Lipinski definition) is 3. The Bertz CT molecular complexity index is 424. The number of amides is 1. The average molecular weight is 250 g/mol. The molecule has 0 aliphatic heterocycles. The molecule has 1 rings (SSSR count). The summed E-state index contributed by atoms with van der Waals surface area (Å²) in [5.41, 5.74) is 6.47. The van der Waals surface area contributed by atoms with Crippen molar-refractivity contribution in [3.8, 4) is 5.75 Å². The van der Waals surface area contributed by atoms with Crippen LogP contribution in [0.3, 0.4) is 0 Å². The van der Waals surface area contributed by atoms with Crippen molar-refractivity contribution < 1.29 is 9.90 Å². The molecule has 0 radical (unpaired) electrons. The number of nitrogens with two attached hydrogens (primary N) is 1. The van der Waals surface area contributed by atoms with Gasteiger partial charge in [-0.2, -0.15) is 0 Å². The number of phenols is 1. The highest BCUT2D eigenvalue weighted by molar-refractivity contribution is 5.82. The van der Waals surface area contributed by atoms with Crippen LogP contribution >= 0.6 is 0 Å². The molecule has 0 spiro atoms. The Morgan fingerprint density at radius 1 is 1.39 bits per heavy atom. The number of hydrogen-bond donors (Lipinski definition) is 3. The zero-order chi connectivity index (χ0) is 13.9. The Labute approximate surface area is 108 Å². The number of aromatic hydroxyl groups is 1. The first-order valence-electron chi connectivity index (χ1n) is 6.06. The SMILES string of the molecule is CC(NC(=O)[C@H](N)C(C)(C)C)c1cccc(O)c1. The summed E-state index contributed by atoms with van der Waals surface area (Å²) in [5.74, 6) is 0.00654. The summed E-state index contributed by atoms with van der Waals surface area (Å²) >= 11 is 0. The van der Waals surface area contributed by atoms with E-state index in [1.54, 1.807) is 18.2 Å². The van der Waals surface area contributed by atoms with Crippen LogP contribution in [0.5, 0.6) is 5.75 Å². The van der Waals surface area contributed by atoms with Crippen LogP contribution in [0, 0.1) is 5.41 Å². The number of carbonyl (C=O) groups excluding carboxylic acids is 1. The van der Waals surface area contributed by atoms with Crippen LogP contribution in [-0.2, 0) is 4.79 Å². The molecule has 0 saturated heterocycles. The van der Waals surface area contributed by atoms with Crippen molar-refractivity contribution in [1.29, 1.82) is 0 Å². The Balaban J connectivity index is 2.71. The van der Waals surface area contributed by atoms with Crippen LogP contribution in [0.2, 0.25) is 0 Å². The molecular weight excluding hydrogens is 228 g/mol. The summed E-state index contributed by atoms with van der Waals surface area (Å²) in [6, 6.07) is 6.09. The molecular formula is C14H22N2O2. The number of nitrogens with one attached hydrogen (secondary N) is 1. The lowest BCUT2D eigenvalue weighted by atomic mass is 9.86. The minimum Gasteiger partial charge on any atom is -0.508 e. The molecule has 1 aromatic rings. The van der Waals surface area contributed by atoms with Gasteiger partial charge in [-0.25, -0.2) is 0 Å². The van der Waals surface area contributed by atoms with Crippen molar-refractivity contribution in [2.75, 3.05) is 0 Å². The van der Waals surface area contributed by atoms with Gasteiger partial charge in [0, 0.05) is 0 Å². The first-order chi connectivity index (χ1) is 8.21. The maximum Gasteiger partial charge on any atom is 0.237 e. The van der Waals surface area contributed by atoms with Crippen molar-refractivity contribution in [1.82, 2.24) is 5.32 Å². The molecule has 18 heavy (non-hydrogen) atoms. The molecule has 0 saturated carbocycles. The summed E-state index contributed by atoms with van der Waals surface area (Å²) in [7, 11) is 0. The summed E-state index contributed by atoms with van der Waals surface area (Å²) in [6.45, 7) is 7.64. The third-order valence-electron chi connectivity index (χ3n) is 2.94. The van der Waals surface area contributed by atoms with Gasteiger partial charge in [0.2, 0.25) is 5.91 Å². The van der Waals surface area contributed by atoms with Gasteiger partial charge in [-0.05, 0) is 30.0 Å². The summed E-state index contributed by atoms with van der Waals surface area (Å²) in [6.07, 6.45) is 0. The van der Waals surface area contributed by atoms with Gasteiger partial charge in [0.1, 0.15) is 5.75 Å². The second-order valence-corrected chi connectivity index (χ2v) is 5.67. The second-order valence-electron chi connectivity index (χ2n) is 5.67. The van der Waals surface area contributed by atoms with Crippen LogP contribution in [-0.4, -0.2) is 17.1 Å². The van der Waals surface area contributed by atoms with Crippen LogP contribution in [0.25, 0.3) is 0 Å². The molecule has 0 fully saturated rings. The van der Waals surface area contributed by atoms with E-state index in [-0.39, 0.29) is 23.1 Å². The monoisotopic (exact) mass is 250 g/mol. The quantitative estimate of drug-likeness (QED) is 0.767. The predicted molar refractivity (Wildman–Crippen MR) is 72.1 cm³/mol. The van der Waals surface area contributed by atoms with E-state index in [9.17, 15) is 9.90 Å². The molecule has 0 aliphatic rings. The molecule has 1 aromatic carbocycles.